The van der Waals surface area contributed by atoms with Crippen molar-refractivity contribution in [2.75, 3.05) is 7.11 Å². The van der Waals surface area contributed by atoms with E-state index in [0.717, 1.165) is 11.3 Å². The van der Waals surface area contributed by atoms with Crippen molar-refractivity contribution in [3.05, 3.63) is 23.8 Å². The van der Waals surface area contributed by atoms with E-state index in [1.165, 1.54) is 0 Å². The highest BCUT2D eigenvalue weighted by molar-refractivity contribution is 6.74. The van der Waals surface area contributed by atoms with Crippen molar-refractivity contribution < 1.29 is 14.3 Å². The van der Waals surface area contributed by atoms with E-state index in [0.29, 0.717) is 12.2 Å². The van der Waals surface area contributed by atoms with Crippen LogP contribution < -0.4 is 9.16 Å². The van der Waals surface area contributed by atoms with Gasteiger partial charge in [-0.1, -0.05) is 33.8 Å². The van der Waals surface area contributed by atoms with Crippen molar-refractivity contribution in [2.24, 2.45) is 0 Å². The highest BCUT2D eigenvalue weighted by Crippen LogP contribution is 2.40. The van der Waals surface area contributed by atoms with Gasteiger partial charge >= 0.3 is 0 Å². The standard InChI is InChI=1S/C16H28O3Si/c1-8-13(17)12-9-10-14(15(11-12)18-5)19-20(6,7)16(2,3)4/h9-11,13,17H,8H2,1-7H3. The summed E-state index contributed by atoms with van der Waals surface area (Å²) in [5.74, 6) is 1.46. The monoisotopic (exact) mass is 296 g/mol. The lowest BCUT2D eigenvalue weighted by molar-refractivity contribution is 0.173. The van der Waals surface area contributed by atoms with E-state index >= 15 is 0 Å². The molecule has 0 amide bonds. The molecule has 0 bridgehead atoms. The van der Waals surface area contributed by atoms with Crippen molar-refractivity contribution in [3.8, 4) is 11.5 Å². The molecule has 0 saturated heterocycles. The fourth-order valence-corrected chi connectivity index (χ4v) is 2.66. The molecule has 1 rings (SSSR count). The molecule has 0 heterocycles. The molecule has 0 spiro atoms. The number of ether oxygens (including phenoxy) is 1. The van der Waals surface area contributed by atoms with Gasteiger partial charge < -0.3 is 14.3 Å². The average Bonchev–Trinajstić information content (AvgIpc) is 2.36. The molecule has 1 aromatic rings. The molecule has 0 aliphatic heterocycles. The molecule has 1 atom stereocenters. The highest BCUT2D eigenvalue weighted by Gasteiger charge is 2.39. The molecule has 4 heteroatoms. The Balaban J connectivity index is 3.08. The number of aliphatic hydroxyl groups is 1. The largest absolute Gasteiger partial charge is 0.541 e. The fourth-order valence-electron chi connectivity index (χ4n) is 1.64. The molecule has 114 valence electrons. The van der Waals surface area contributed by atoms with Gasteiger partial charge in [0.05, 0.1) is 13.2 Å². The quantitative estimate of drug-likeness (QED) is 0.812. The lowest BCUT2D eigenvalue weighted by Gasteiger charge is -2.36. The fraction of sp³-hybridized carbons (Fsp3) is 0.625. The van der Waals surface area contributed by atoms with Gasteiger partial charge in [-0.05, 0) is 42.2 Å². The van der Waals surface area contributed by atoms with Crippen LogP contribution in [-0.4, -0.2) is 20.5 Å². The third-order valence-corrected chi connectivity index (χ3v) is 8.47. The van der Waals surface area contributed by atoms with Gasteiger partial charge in [0.25, 0.3) is 8.32 Å². The number of methoxy groups -OCH3 is 1. The molecule has 0 aliphatic rings. The summed E-state index contributed by atoms with van der Waals surface area (Å²) >= 11 is 0. The Bertz CT molecular complexity index is 450. The number of rotatable bonds is 5. The first-order chi connectivity index (χ1) is 9.12. The van der Waals surface area contributed by atoms with Crippen molar-refractivity contribution >= 4 is 8.32 Å². The molecular formula is C16H28O3Si. The van der Waals surface area contributed by atoms with Crippen molar-refractivity contribution in [2.45, 2.75) is 58.4 Å². The number of benzene rings is 1. The van der Waals surface area contributed by atoms with Crippen LogP contribution in [0.1, 0.15) is 45.8 Å². The van der Waals surface area contributed by atoms with Crippen LogP contribution in [0.5, 0.6) is 11.5 Å². The summed E-state index contributed by atoms with van der Waals surface area (Å²) in [6, 6.07) is 5.70. The predicted molar refractivity (Wildman–Crippen MR) is 86.1 cm³/mol. The van der Waals surface area contributed by atoms with Gasteiger partial charge in [0.2, 0.25) is 0 Å². The van der Waals surface area contributed by atoms with Crippen LogP contribution in [-0.2, 0) is 0 Å². The van der Waals surface area contributed by atoms with E-state index in [-0.39, 0.29) is 5.04 Å². The van der Waals surface area contributed by atoms with E-state index in [9.17, 15) is 5.11 Å². The first-order valence-corrected chi connectivity index (χ1v) is 10.1. The van der Waals surface area contributed by atoms with E-state index in [1.807, 2.05) is 25.1 Å². The normalized spacial score (nSPS) is 14.0. The highest BCUT2D eigenvalue weighted by atomic mass is 28.4. The van der Waals surface area contributed by atoms with E-state index < -0.39 is 14.4 Å². The molecule has 0 saturated carbocycles. The lowest BCUT2D eigenvalue weighted by atomic mass is 10.1. The second-order valence-electron chi connectivity index (χ2n) is 6.70. The zero-order valence-electron chi connectivity index (χ0n) is 13.8. The minimum absolute atomic E-state index is 0.139. The summed E-state index contributed by atoms with van der Waals surface area (Å²) in [7, 11) is -0.254. The maximum atomic E-state index is 9.91. The maximum Gasteiger partial charge on any atom is 0.250 e. The molecule has 0 fully saturated rings. The Morgan fingerprint density at radius 3 is 2.25 bits per heavy atom. The summed E-state index contributed by atoms with van der Waals surface area (Å²) < 4.78 is 11.7. The Kier molecular flexibility index (Phi) is 5.27. The zero-order chi connectivity index (χ0) is 15.6. The second-order valence-corrected chi connectivity index (χ2v) is 11.4. The molecule has 0 aromatic heterocycles. The number of aliphatic hydroxyl groups excluding tert-OH is 1. The van der Waals surface area contributed by atoms with Crippen LogP contribution in [0.2, 0.25) is 18.1 Å². The third-order valence-electron chi connectivity index (χ3n) is 4.13. The molecule has 1 unspecified atom stereocenters. The van der Waals surface area contributed by atoms with Crippen LogP contribution in [0.15, 0.2) is 18.2 Å². The van der Waals surface area contributed by atoms with Gasteiger partial charge in [-0.2, -0.15) is 0 Å². The lowest BCUT2D eigenvalue weighted by Crippen LogP contribution is -2.43. The van der Waals surface area contributed by atoms with Gasteiger partial charge in [0.15, 0.2) is 5.75 Å². The van der Waals surface area contributed by atoms with Crippen LogP contribution >= 0.6 is 0 Å². The smallest absolute Gasteiger partial charge is 0.250 e. The Morgan fingerprint density at radius 2 is 1.80 bits per heavy atom. The topological polar surface area (TPSA) is 38.7 Å². The molecule has 1 N–H and O–H groups in total. The Morgan fingerprint density at radius 1 is 1.20 bits per heavy atom. The predicted octanol–water partition coefficient (Wildman–Crippen LogP) is 4.52. The van der Waals surface area contributed by atoms with Crippen LogP contribution in [0, 0.1) is 0 Å². The maximum absolute atomic E-state index is 9.91. The first-order valence-electron chi connectivity index (χ1n) is 7.17. The SMILES string of the molecule is CCC(O)c1ccc(O[Si](C)(C)C(C)(C)C)c(OC)c1. The second kappa shape index (κ2) is 6.18. The van der Waals surface area contributed by atoms with Crippen molar-refractivity contribution in [3.63, 3.8) is 0 Å². The molecular weight excluding hydrogens is 268 g/mol. The van der Waals surface area contributed by atoms with Crippen LogP contribution in [0.3, 0.4) is 0 Å². The number of hydrogen-bond acceptors (Lipinski definition) is 3. The zero-order valence-corrected chi connectivity index (χ0v) is 14.8. The summed E-state index contributed by atoms with van der Waals surface area (Å²) in [4.78, 5) is 0. The van der Waals surface area contributed by atoms with Gasteiger partial charge in [0, 0.05) is 0 Å². The summed E-state index contributed by atoms with van der Waals surface area (Å²) in [5.41, 5.74) is 0.868. The molecule has 0 radical (unpaired) electrons. The summed E-state index contributed by atoms with van der Waals surface area (Å²) in [6.07, 6.45) is 0.233. The summed E-state index contributed by atoms with van der Waals surface area (Å²) in [5, 5.41) is 10.1. The Labute approximate surface area is 124 Å². The van der Waals surface area contributed by atoms with Crippen molar-refractivity contribution in [1.29, 1.82) is 0 Å². The third kappa shape index (κ3) is 3.76. The van der Waals surface area contributed by atoms with Gasteiger partial charge in [-0.3, -0.25) is 0 Å². The van der Waals surface area contributed by atoms with Crippen LogP contribution in [0.4, 0.5) is 0 Å². The summed E-state index contributed by atoms with van der Waals surface area (Å²) in [6.45, 7) is 13.0. The minimum atomic E-state index is -1.89. The van der Waals surface area contributed by atoms with Crippen molar-refractivity contribution in [1.82, 2.24) is 0 Å². The molecule has 20 heavy (non-hydrogen) atoms. The van der Waals surface area contributed by atoms with E-state index in [4.69, 9.17) is 9.16 Å². The van der Waals surface area contributed by atoms with E-state index in [1.54, 1.807) is 7.11 Å². The average molecular weight is 296 g/mol. The minimum Gasteiger partial charge on any atom is -0.541 e. The molecule has 1 aromatic carbocycles. The number of hydrogen-bond donors (Lipinski definition) is 1. The van der Waals surface area contributed by atoms with Gasteiger partial charge in [-0.15, -0.1) is 0 Å². The Hall–Kier alpha value is -1.00. The first kappa shape index (κ1) is 17.0. The molecule has 0 aliphatic carbocycles. The van der Waals surface area contributed by atoms with E-state index in [2.05, 4.69) is 33.9 Å². The van der Waals surface area contributed by atoms with Gasteiger partial charge in [0.1, 0.15) is 5.75 Å². The van der Waals surface area contributed by atoms with Gasteiger partial charge in [-0.25, -0.2) is 0 Å². The molecule has 3 nitrogen and oxygen atoms in total. The van der Waals surface area contributed by atoms with Crippen LogP contribution in [0.25, 0.3) is 0 Å².